The van der Waals surface area contributed by atoms with E-state index in [0.717, 1.165) is 11.4 Å². The molecule has 118 valence electrons. The average molecular weight is 312 g/mol. The SMILES string of the molecule is CCOC[C@H](C)Nc1cccc(N2CCS(=O)(=O)CC2)c1. The molecule has 1 aliphatic rings. The zero-order valence-corrected chi connectivity index (χ0v) is 13.5. The van der Waals surface area contributed by atoms with Crippen LogP contribution < -0.4 is 10.2 Å². The molecule has 2 rings (SSSR count). The summed E-state index contributed by atoms with van der Waals surface area (Å²) in [5.41, 5.74) is 2.10. The van der Waals surface area contributed by atoms with E-state index >= 15 is 0 Å². The Bertz CT molecular complexity index is 546. The van der Waals surface area contributed by atoms with E-state index in [1.54, 1.807) is 0 Å². The van der Waals surface area contributed by atoms with Crippen molar-refractivity contribution in [1.29, 1.82) is 0 Å². The zero-order chi connectivity index (χ0) is 15.3. The molecule has 0 bridgehead atoms. The van der Waals surface area contributed by atoms with Crippen LogP contribution >= 0.6 is 0 Å². The number of nitrogens with one attached hydrogen (secondary N) is 1. The van der Waals surface area contributed by atoms with E-state index in [9.17, 15) is 8.42 Å². The molecule has 5 nitrogen and oxygen atoms in total. The normalized spacial score (nSPS) is 19.2. The highest BCUT2D eigenvalue weighted by Gasteiger charge is 2.21. The highest BCUT2D eigenvalue weighted by Crippen LogP contribution is 2.21. The molecule has 0 saturated carbocycles. The summed E-state index contributed by atoms with van der Waals surface area (Å²) >= 11 is 0. The lowest BCUT2D eigenvalue weighted by Gasteiger charge is -2.29. The van der Waals surface area contributed by atoms with E-state index in [2.05, 4.69) is 23.2 Å². The van der Waals surface area contributed by atoms with Crippen molar-refractivity contribution in [2.75, 3.05) is 48.0 Å². The second-order valence-corrected chi connectivity index (χ2v) is 7.70. The number of nitrogens with zero attached hydrogens (tertiary/aromatic N) is 1. The number of rotatable bonds is 6. The van der Waals surface area contributed by atoms with Crippen LogP contribution in [0.4, 0.5) is 11.4 Å². The summed E-state index contributed by atoms with van der Waals surface area (Å²) < 4.78 is 28.4. The summed E-state index contributed by atoms with van der Waals surface area (Å²) in [6.07, 6.45) is 0. The molecule has 0 spiro atoms. The van der Waals surface area contributed by atoms with Gasteiger partial charge in [0.1, 0.15) is 0 Å². The van der Waals surface area contributed by atoms with Crippen LogP contribution in [0.3, 0.4) is 0 Å². The second kappa shape index (κ2) is 7.13. The number of anilines is 2. The molecule has 0 unspecified atom stereocenters. The Morgan fingerprint density at radius 1 is 1.33 bits per heavy atom. The van der Waals surface area contributed by atoms with Crippen LogP contribution in [-0.2, 0) is 14.6 Å². The number of benzene rings is 1. The van der Waals surface area contributed by atoms with Gasteiger partial charge in [-0.2, -0.15) is 0 Å². The van der Waals surface area contributed by atoms with E-state index < -0.39 is 9.84 Å². The van der Waals surface area contributed by atoms with Crippen molar-refractivity contribution in [3.05, 3.63) is 24.3 Å². The molecule has 0 amide bonds. The van der Waals surface area contributed by atoms with Crippen LogP contribution in [0.1, 0.15) is 13.8 Å². The molecular formula is C15H24N2O3S. The maximum Gasteiger partial charge on any atom is 0.153 e. The van der Waals surface area contributed by atoms with Crippen LogP contribution in [0, 0.1) is 0 Å². The quantitative estimate of drug-likeness (QED) is 0.867. The predicted octanol–water partition coefficient (Wildman–Crippen LogP) is 1.76. The molecule has 0 aromatic heterocycles. The smallest absolute Gasteiger partial charge is 0.153 e. The highest BCUT2D eigenvalue weighted by atomic mass is 32.2. The van der Waals surface area contributed by atoms with Crippen LogP contribution in [0.2, 0.25) is 0 Å². The Morgan fingerprint density at radius 3 is 2.71 bits per heavy atom. The lowest BCUT2D eigenvalue weighted by Crippen LogP contribution is -2.40. The third-order valence-electron chi connectivity index (χ3n) is 3.54. The molecule has 1 heterocycles. The van der Waals surface area contributed by atoms with Gasteiger partial charge in [-0.15, -0.1) is 0 Å². The Balaban J connectivity index is 1.98. The topological polar surface area (TPSA) is 58.6 Å². The number of sulfone groups is 1. The molecule has 1 aliphatic heterocycles. The van der Waals surface area contributed by atoms with Crippen molar-refractivity contribution in [2.24, 2.45) is 0 Å². The van der Waals surface area contributed by atoms with Crippen LogP contribution in [0.5, 0.6) is 0 Å². The van der Waals surface area contributed by atoms with Crippen LogP contribution in [0.25, 0.3) is 0 Å². The fraction of sp³-hybridized carbons (Fsp3) is 0.600. The third-order valence-corrected chi connectivity index (χ3v) is 5.15. The predicted molar refractivity (Wildman–Crippen MR) is 86.9 cm³/mol. The molecule has 1 atom stereocenters. The van der Waals surface area contributed by atoms with Gasteiger partial charge in [0.15, 0.2) is 9.84 Å². The van der Waals surface area contributed by atoms with Crippen molar-refractivity contribution in [2.45, 2.75) is 19.9 Å². The molecule has 21 heavy (non-hydrogen) atoms. The summed E-state index contributed by atoms with van der Waals surface area (Å²) in [5.74, 6) is 0.483. The summed E-state index contributed by atoms with van der Waals surface area (Å²) in [5, 5.41) is 3.40. The minimum atomic E-state index is -2.84. The van der Waals surface area contributed by atoms with Crippen molar-refractivity contribution >= 4 is 21.2 Å². The molecule has 1 aromatic rings. The van der Waals surface area contributed by atoms with Gasteiger partial charge in [0.2, 0.25) is 0 Å². The van der Waals surface area contributed by atoms with Gasteiger partial charge in [-0.25, -0.2) is 8.42 Å². The zero-order valence-electron chi connectivity index (χ0n) is 12.7. The number of ether oxygens (including phenoxy) is 1. The molecule has 0 aliphatic carbocycles. The summed E-state index contributed by atoms with van der Waals surface area (Å²) in [6, 6.07) is 8.35. The molecule has 0 radical (unpaired) electrons. The molecular weight excluding hydrogens is 288 g/mol. The Kier molecular flexibility index (Phi) is 5.47. The van der Waals surface area contributed by atoms with Gasteiger partial charge in [-0.1, -0.05) is 6.07 Å². The van der Waals surface area contributed by atoms with E-state index in [-0.39, 0.29) is 17.5 Å². The maximum absolute atomic E-state index is 11.5. The first-order valence-electron chi connectivity index (χ1n) is 7.40. The van der Waals surface area contributed by atoms with Crippen LogP contribution in [0.15, 0.2) is 24.3 Å². The molecule has 1 aromatic carbocycles. The average Bonchev–Trinajstić information content (AvgIpc) is 2.45. The van der Waals surface area contributed by atoms with Crippen LogP contribution in [-0.4, -0.2) is 52.3 Å². The van der Waals surface area contributed by atoms with Crippen molar-refractivity contribution in [3.8, 4) is 0 Å². The monoisotopic (exact) mass is 312 g/mol. The van der Waals surface area contributed by atoms with Crippen molar-refractivity contribution in [1.82, 2.24) is 0 Å². The van der Waals surface area contributed by atoms with E-state index in [1.807, 2.05) is 25.1 Å². The van der Waals surface area contributed by atoms with Gasteiger partial charge in [0, 0.05) is 37.1 Å². The Hall–Kier alpha value is -1.27. The van der Waals surface area contributed by atoms with Crippen molar-refractivity contribution in [3.63, 3.8) is 0 Å². The summed E-state index contributed by atoms with van der Waals surface area (Å²) in [7, 11) is -2.84. The molecule has 1 fully saturated rings. The second-order valence-electron chi connectivity index (χ2n) is 5.39. The molecule has 6 heteroatoms. The van der Waals surface area contributed by atoms with Gasteiger partial charge in [-0.05, 0) is 32.0 Å². The summed E-state index contributed by atoms with van der Waals surface area (Å²) in [6.45, 7) is 6.59. The summed E-state index contributed by atoms with van der Waals surface area (Å²) in [4.78, 5) is 2.12. The lowest BCUT2D eigenvalue weighted by molar-refractivity contribution is 0.141. The van der Waals surface area contributed by atoms with Gasteiger partial charge in [-0.3, -0.25) is 0 Å². The first-order chi connectivity index (χ1) is 10.00. The third kappa shape index (κ3) is 4.89. The first kappa shape index (κ1) is 16.1. The van der Waals surface area contributed by atoms with Gasteiger partial charge < -0.3 is 15.0 Å². The fourth-order valence-electron chi connectivity index (χ4n) is 2.38. The first-order valence-corrected chi connectivity index (χ1v) is 9.22. The maximum atomic E-state index is 11.5. The van der Waals surface area contributed by atoms with E-state index in [1.165, 1.54) is 0 Å². The Labute approximate surface area is 127 Å². The molecule has 1 saturated heterocycles. The minimum absolute atomic E-state index is 0.238. The standard InChI is InChI=1S/C15H24N2O3S/c1-3-20-12-13(2)16-14-5-4-6-15(11-14)17-7-9-21(18,19)10-8-17/h4-6,11,13,16H,3,7-10,12H2,1-2H3/t13-/m0/s1. The Morgan fingerprint density at radius 2 is 2.05 bits per heavy atom. The lowest BCUT2D eigenvalue weighted by atomic mass is 10.2. The fourth-order valence-corrected chi connectivity index (χ4v) is 3.59. The van der Waals surface area contributed by atoms with Gasteiger partial charge in [0.05, 0.1) is 18.1 Å². The largest absolute Gasteiger partial charge is 0.380 e. The molecule has 1 N–H and O–H groups in total. The van der Waals surface area contributed by atoms with Gasteiger partial charge in [0.25, 0.3) is 0 Å². The number of hydrogen-bond acceptors (Lipinski definition) is 5. The van der Waals surface area contributed by atoms with Crippen molar-refractivity contribution < 1.29 is 13.2 Å². The minimum Gasteiger partial charge on any atom is -0.380 e. The van der Waals surface area contributed by atoms with Gasteiger partial charge >= 0.3 is 0 Å². The van der Waals surface area contributed by atoms with E-state index in [0.29, 0.717) is 26.3 Å². The number of hydrogen-bond donors (Lipinski definition) is 1. The van der Waals surface area contributed by atoms with E-state index in [4.69, 9.17) is 4.74 Å². The highest BCUT2D eigenvalue weighted by molar-refractivity contribution is 7.91.